The van der Waals surface area contributed by atoms with Gasteiger partial charge in [-0.3, -0.25) is 4.79 Å². The molecule has 0 aliphatic rings. The number of amides is 1. The molecule has 7 heteroatoms. The molecule has 0 aromatic carbocycles. The van der Waals surface area contributed by atoms with Crippen molar-refractivity contribution < 1.29 is 4.79 Å². The number of nitrogens with one attached hydrogen (secondary N) is 2. The molecule has 122 valence electrons. The zero-order chi connectivity index (χ0) is 14.5. The van der Waals surface area contributed by atoms with Crippen molar-refractivity contribution >= 4 is 30.7 Å². The highest BCUT2D eigenvalue weighted by Crippen LogP contribution is 2.19. The second-order valence-electron chi connectivity index (χ2n) is 4.67. The first-order valence-electron chi connectivity index (χ1n) is 6.68. The van der Waals surface area contributed by atoms with Crippen LogP contribution >= 0.6 is 24.8 Å². The van der Waals surface area contributed by atoms with E-state index in [0.29, 0.717) is 12.1 Å². The quantitative estimate of drug-likeness (QED) is 0.818. The van der Waals surface area contributed by atoms with Gasteiger partial charge in [-0.15, -0.1) is 24.8 Å². The number of hydrogen-bond donors (Lipinski definition) is 2. The van der Waals surface area contributed by atoms with Crippen LogP contribution in [-0.4, -0.2) is 35.6 Å². The Morgan fingerprint density at radius 3 is 2.55 bits per heavy atom. The van der Waals surface area contributed by atoms with E-state index < -0.39 is 0 Å². The largest absolute Gasteiger partial charge is 0.351 e. The first-order chi connectivity index (χ1) is 9.65. The zero-order valence-corrected chi connectivity index (χ0v) is 14.6. The molecule has 0 unspecified atom stereocenters. The number of nitrogens with zero attached hydrogens (tertiary/aromatic N) is 2. The van der Waals surface area contributed by atoms with Crippen molar-refractivity contribution in [2.24, 2.45) is 0 Å². The van der Waals surface area contributed by atoms with E-state index in [1.165, 1.54) is 0 Å². The van der Waals surface area contributed by atoms with Gasteiger partial charge in [0.25, 0.3) is 5.91 Å². The lowest BCUT2D eigenvalue weighted by molar-refractivity contribution is 0.0953. The molecular formula is C15H22Cl2N4O. The number of aryl methyl sites for hydroxylation is 1. The molecule has 5 nitrogen and oxygen atoms in total. The van der Waals surface area contributed by atoms with Crippen molar-refractivity contribution in [3.05, 3.63) is 47.4 Å². The standard InChI is InChI=1S/C15H20N4O.2ClH/c1-11-10-13(15(20)18-9-8-16-3)12(2)19(11)14-6-4-5-7-17-14;;/h4-7,10,16H,8-9H2,1-3H3,(H,18,20);2*1H. The van der Waals surface area contributed by atoms with Gasteiger partial charge >= 0.3 is 0 Å². The topological polar surface area (TPSA) is 58.9 Å². The minimum atomic E-state index is -0.0458. The minimum Gasteiger partial charge on any atom is -0.351 e. The molecule has 2 rings (SSSR count). The molecule has 0 saturated heterocycles. The van der Waals surface area contributed by atoms with Crippen LogP contribution in [0.3, 0.4) is 0 Å². The Balaban J connectivity index is 0.00000220. The van der Waals surface area contributed by atoms with Gasteiger partial charge in [0, 0.05) is 30.7 Å². The van der Waals surface area contributed by atoms with Crippen molar-refractivity contribution in [2.45, 2.75) is 13.8 Å². The van der Waals surface area contributed by atoms with Crippen molar-refractivity contribution in [1.82, 2.24) is 20.2 Å². The maximum absolute atomic E-state index is 12.2. The predicted molar refractivity (Wildman–Crippen MR) is 93.8 cm³/mol. The Morgan fingerprint density at radius 1 is 1.23 bits per heavy atom. The van der Waals surface area contributed by atoms with E-state index >= 15 is 0 Å². The summed E-state index contributed by atoms with van der Waals surface area (Å²) in [6.45, 7) is 5.29. The van der Waals surface area contributed by atoms with Crippen LogP contribution < -0.4 is 10.6 Å². The van der Waals surface area contributed by atoms with Crippen molar-refractivity contribution in [3.63, 3.8) is 0 Å². The molecule has 0 fully saturated rings. The first kappa shape index (κ1) is 20.4. The SMILES string of the molecule is CNCCNC(=O)c1cc(C)n(-c2ccccn2)c1C.Cl.Cl. The smallest absolute Gasteiger partial charge is 0.253 e. The van der Waals surface area contributed by atoms with E-state index in [2.05, 4.69) is 15.6 Å². The average molecular weight is 345 g/mol. The summed E-state index contributed by atoms with van der Waals surface area (Å²) in [6, 6.07) is 7.65. The number of carbonyl (C=O) groups excluding carboxylic acids is 1. The van der Waals surface area contributed by atoms with Gasteiger partial charge in [-0.05, 0) is 39.1 Å². The van der Waals surface area contributed by atoms with E-state index in [-0.39, 0.29) is 30.7 Å². The Bertz CT molecular complexity index is 599. The molecule has 2 heterocycles. The van der Waals surface area contributed by atoms with Gasteiger partial charge in [0.15, 0.2) is 0 Å². The fraction of sp³-hybridized carbons (Fsp3) is 0.333. The van der Waals surface area contributed by atoms with E-state index in [9.17, 15) is 4.79 Å². The number of halogens is 2. The number of likely N-dealkylation sites (N-methyl/N-ethyl adjacent to an activating group) is 1. The Kier molecular flexibility index (Phi) is 8.79. The molecule has 2 aromatic rings. The van der Waals surface area contributed by atoms with Gasteiger partial charge in [0.1, 0.15) is 5.82 Å². The lowest BCUT2D eigenvalue weighted by Crippen LogP contribution is -2.30. The molecule has 2 aromatic heterocycles. The van der Waals surface area contributed by atoms with E-state index in [4.69, 9.17) is 0 Å². The van der Waals surface area contributed by atoms with Crippen LogP contribution in [0, 0.1) is 13.8 Å². The number of pyridine rings is 1. The second-order valence-corrected chi connectivity index (χ2v) is 4.67. The van der Waals surface area contributed by atoms with Gasteiger partial charge in [-0.2, -0.15) is 0 Å². The number of rotatable bonds is 5. The molecule has 0 aliphatic heterocycles. The van der Waals surface area contributed by atoms with E-state index in [1.54, 1.807) is 6.20 Å². The van der Waals surface area contributed by atoms with Crippen molar-refractivity contribution in [2.75, 3.05) is 20.1 Å². The summed E-state index contributed by atoms with van der Waals surface area (Å²) in [4.78, 5) is 16.5. The lowest BCUT2D eigenvalue weighted by Gasteiger charge is -2.08. The molecule has 0 atom stereocenters. The highest BCUT2D eigenvalue weighted by Gasteiger charge is 2.16. The second kappa shape index (κ2) is 9.46. The van der Waals surface area contributed by atoms with Gasteiger partial charge < -0.3 is 15.2 Å². The van der Waals surface area contributed by atoms with Crippen LogP contribution in [0.15, 0.2) is 30.5 Å². The Labute approximate surface area is 143 Å². The van der Waals surface area contributed by atoms with Gasteiger partial charge in [-0.1, -0.05) is 6.07 Å². The summed E-state index contributed by atoms with van der Waals surface area (Å²) in [5.74, 6) is 0.785. The van der Waals surface area contributed by atoms with E-state index in [0.717, 1.165) is 23.8 Å². The summed E-state index contributed by atoms with van der Waals surface area (Å²) in [5, 5.41) is 5.90. The van der Waals surface area contributed by atoms with Crippen molar-refractivity contribution in [3.8, 4) is 5.82 Å². The minimum absolute atomic E-state index is 0. The maximum Gasteiger partial charge on any atom is 0.253 e. The number of aromatic nitrogens is 2. The molecule has 0 bridgehead atoms. The first-order valence-corrected chi connectivity index (χ1v) is 6.68. The molecule has 0 saturated carbocycles. The summed E-state index contributed by atoms with van der Waals surface area (Å²) < 4.78 is 1.99. The predicted octanol–water partition coefficient (Wildman–Crippen LogP) is 2.28. The molecule has 2 N–H and O–H groups in total. The molecule has 1 amide bonds. The van der Waals surface area contributed by atoms with Crippen LogP contribution in [-0.2, 0) is 0 Å². The Hall–Kier alpha value is -1.56. The normalized spacial score (nSPS) is 9.59. The third kappa shape index (κ3) is 4.47. The highest BCUT2D eigenvalue weighted by atomic mass is 35.5. The fourth-order valence-electron chi connectivity index (χ4n) is 2.23. The summed E-state index contributed by atoms with van der Waals surface area (Å²) >= 11 is 0. The molecular weight excluding hydrogens is 323 g/mol. The molecule has 0 spiro atoms. The molecule has 0 aliphatic carbocycles. The average Bonchev–Trinajstić information content (AvgIpc) is 2.75. The van der Waals surface area contributed by atoms with Crippen LogP contribution in [0.1, 0.15) is 21.7 Å². The highest BCUT2D eigenvalue weighted by molar-refractivity contribution is 5.95. The van der Waals surface area contributed by atoms with E-state index in [1.807, 2.05) is 49.7 Å². The third-order valence-corrected chi connectivity index (χ3v) is 3.21. The third-order valence-electron chi connectivity index (χ3n) is 3.21. The molecule has 0 radical (unpaired) electrons. The van der Waals surface area contributed by atoms with Crippen molar-refractivity contribution in [1.29, 1.82) is 0 Å². The fourth-order valence-corrected chi connectivity index (χ4v) is 2.23. The number of hydrogen-bond acceptors (Lipinski definition) is 3. The van der Waals surface area contributed by atoms with Crippen LogP contribution in [0.5, 0.6) is 0 Å². The van der Waals surface area contributed by atoms with Gasteiger partial charge in [0.2, 0.25) is 0 Å². The zero-order valence-electron chi connectivity index (χ0n) is 12.9. The van der Waals surface area contributed by atoms with Crippen LogP contribution in [0.2, 0.25) is 0 Å². The summed E-state index contributed by atoms with van der Waals surface area (Å²) in [7, 11) is 1.86. The Morgan fingerprint density at radius 2 is 1.95 bits per heavy atom. The van der Waals surface area contributed by atoms with Crippen LogP contribution in [0.25, 0.3) is 5.82 Å². The lowest BCUT2D eigenvalue weighted by atomic mass is 10.2. The maximum atomic E-state index is 12.2. The summed E-state index contributed by atoms with van der Waals surface area (Å²) in [5.41, 5.74) is 2.60. The van der Waals surface area contributed by atoms with Gasteiger partial charge in [-0.25, -0.2) is 4.98 Å². The van der Waals surface area contributed by atoms with Gasteiger partial charge in [0.05, 0.1) is 5.56 Å². The molecule has 22 heavy (non-hydrogen) atoms. The summed E-state index contributed by atoms with van der Waals surface area (Å²) in [6.07, 6.45) is 1.75. The van der Waals surface area contributed by atoms with Crippen LogP contribution in [0.4, 0.5) is 0 Å². The monoisotopic (exact) mass is 344 g/mol. The number of carbonyl (C=O) groups is 1.